The topological polar surface area (TPSA) is 137 Å². The number of allylic oxidation sites excluding steroid dienone is 1. The zero-order valence-electron chi connectivity index (χ0n) is 36.4. The Hall–Kier alpha value is -5.67. The Morgan fingerprint density at radius 3 is 1.98 bits per heavy atom. The quantitative estimate of drug-likeness (QED) is 0.0370. The number of ether oxygens (including phenoxy) is 3. The highest BCUT2D eigenvalue weighted by Crippen LogP contribution is 2.50. The second kappa shape index (κ2) is 21.4. The van der Waals surface area contributed by atoms with E-state index in [1.54, 1.807) is 49.2 Å². The molecule has 1 unspecified atom stereocenters. The average Bonchev–Trinajstić information content (AvgIpc) is 3.29. The van der Waals surface area contributed by atoms with Crippen molar-refractivity contribution in [3.8, 4) is 17.6 Å². The number of nitriles is 1. The maximum Gasteiger partial charge on any atom is 0.350 e. The Labute approximate surface area is 366 Å². The fraction of sp³-hybridized carbons (Fsp3) is 0.347. The molecular formula is C49H56N5O7P. The number of nitrogens with zero attached hydrogens (tertiary/aromatic N) is 4. The van der Waals surface area contributed by atoms with Gasteiger partial charge in [0.1, 0.15) is 22.9 Å². The molecule has 62 heavy (non-hydrogen) atoms. The highest BCUT2D eigenvalue weighted by Gasteiger charge is 2.41. The third kappa shape index (κ3) is 10.7. The maximum atomic E-state index is 13.8. The van der Waals surface area contributed by atoms with Crippen LogP contribution in [0.1, 0.15) is 79.2 Å². The summed E-state index contributed by atoms with van der Waals surface area (Å²) in [5.74, 6) is 0.971. The number of methoxy groups -OCH3 is 2. The summed E-state index contributed by atoms with van der Waals surface area (Å²) in [5, 5.41) is 12.2. The van der Waals surface area contributed by atoms with Crippen molar-refractivity contribution in [2.24, 2.45) is 5.92 Å². The fourth-order valence-corrected chi connectivity index (χ4v) is 9.56. The lowest BCUT2D eigenvalue weighted by Gasteiger charge is -2.42. The van der Waals surface area contributed by atoms with Gasteiger partial charge in [-0.2, -0.15) is 10.2 Å². The molecule has 4 atom stereocenters. The summed E-state index contributed by atoms with van der Waals surface area (Å²) in [6.45, 7) is 10.6. The van der Waals surface area contributed by atoms with E-state index in [1.807, 2.05) is 85.8 Å². The van der Waals surface area contributed by atoms with Gasteiger partial charge in [0, 0.05) is 35.3 Å². The number of carbonyl (C=O) groups excluding carboxylic acids is 1. The molecule has 1 heterocycles. The first-order chi connectivity index (χ1) is 30.0. The van der Waals surface area contributed by atoms with Crippen molar-refractivity contribution in [3.05, 3.63) is 166 Å². The molecule has 6 rings (SSSR count). The summed E-state index contributed by atoms with van der Waals surface area (Å²) < 4.78 is 35.8. The van der Waals surface area contributed by atoms with Crippen LogP contribution in [-0.2, 0) is 19.4 Å². The van der Waals surface area contributed by atoms with E-state index in [0.29, 0.717) is 17.5 Å². The van der Waals surface area contributed by atoms with Crippen LogP contribution in [0.2, 0.25) is 0 Å². The van der Waals surface area contributed by atoms with Crippen LogP contribution in [0.25, 0.3) is 0 Å². The van der Waals surface area contributed by atoms with Crippen LogP contribution in [0.15, 0.2) is 132 Å². The van der Waals surface area contributed by atoms with Gasteiger partial charge in [-0.25, -0.2) is 9.46 Å². The van der Waals surface area contributed by atoms with Gasteiger partial charge < -0.3 is 28.6 Å². The number of hydrogen-bond acceptors (Lipinski definition) is 10. The minimum absolute atomic E-state index is 0.0665. The summed E-state index contributed by atoms with van der Waals surface area (Å²) in [5.41, 5.74) is 2.21. The van der Waals surface area contributed by atoms with Gasteiger partial charge in [-0.05, 0) is 94.1 Å². The van der Waals surface area contributed by atoms with E-state index in [4.69, 9.17) is 23.3 Å². The predicted molar refractivity (Wildman–Crippen MR) is 242 cm³/mol. The minimum Gasteiger partial charge on any atom is -0.497 e. The van der Waals surface area contributed by atoms with E-state index in [9.17, 15) is 14.9 Å². The molecule has 1 amide bonds. The number of rotatable bonds is 19. The molecule has 324 valence electrons. The van der Waals surface area contributed by atoms with Crippen LogP contribution in [0.3, 0.4) is 0 Å². The summed E-state index contributed by atoms with van der Waals surface area (Å²) in [6.07, 6.45) is 5.88. The van der Waals surface area contributed by atoms with E-state index in [2.05, 4.69) is 66.9 Å². The van der Waals surface area contributed by atoms with E-state index in [-0.39, 0.29) is 49.4 Å². The van der Waals surface area contributed by atoms with Gasteiger partial charge in [-0.3, -0.25) is 9.36 Å². The Morgan fingerprint density at radius 1 is 0.871 bits per heavy atom. The molecule has 0 saturated carbocycles. The number of carbonyl (C=O) groups is 1. The predicted octanol–water partition coefficient (Wildman–Crippen LogP) is 9.61. The molecule has 1 aliphatic carbocycles. The standard InChI is InChI=1S/C49H56N5O7P/c1-34(2)54(35(3)4)62(60-30-14-29-50)61-45-31-42(53-32-36(5)46(52-48(53)56)51-47(55)37-15-10-8-11-16-37)24-19-38(45)33-59-49(39-17-12-9-13-18-39,40-20-25-43(57-6)26-21-40)41-22-27-44(58-7)28-23-41/h8-13,15-28,32,34-35,38,42,45H,14,30-31,33H2,1-7H3,(H,51,52,55,56)/t38-,42-,45+,62?/m1/s1. The average molecular weight is 858 g/mol. The van der Waals surface area contributed by atoms with Gasteiger partial charge in [0.05, 0.1) is 52.1 Å². The molecule has 1 N–H and O–H groups in total. The van der Waals surface area contributed by atoms with Gasteiger partial charge in [0.2, 0.25) is 0 Å². The van der Waals surface area contributed by atoms with Gasteiger partial charge in [0.25, 0.3) is 14.4 Å². The number of nitrogens with one attached hydrogen (secondary N) is 1. The third-order valence-electron chi connectivity index (χ3n) is 10.8. The molecule has 13 heteroatoms. The number of hydrogen-bond donors (Lipinski definition) is 1. The second-order valence-electron chi connectivity index (χ2n) is 15.6. The smallest absolute Gasteiger partial charge is 0.350 e. The molecule has 0 fully saturated rings. The number of aryl methyl sites for hydroxylation is 1. The molecule has 5 aromatic rings. The SMILES string of the molecule is COc1ccc(C(OC[C@H]2C=C[C@@H](n3cc(C)c(NC(=O)c4ccccc4)nc3=O)C[C@@H]2OP(OCCC#N)N(C(C)C)C(C)C)(c2ccccc2)c2ccc(OC)cc2)cc1. The lowest BCUT2D eigenvalue weighted by molar-refractivity contribution is -0.0283. The van der Waals surface area contributed by atoms with Crippen LogP contribution in [0, 0.1) is 24.2 Å². The van der Waals surface area contributed by atoms with Crippen molar-refractivity contribution < 1.29 is 28.1 Å². The summed E-state index contributed by atoms with van der Waals surface area (Å²) in [4.78, 5) is 31.2. The second-order valence-corrected chi connectivity index (χ2v) is 17.0. The summed E-state index contributed by atoms with van der Waals surface area (Å²) in [6, 6.07) is 36.6. The van der Waals surface area contributed by atoms with Gasteiger partial charge >= 0.3 is 5.69 Å². The van der Waals surface area contributed by atoms with Crippen molar-refractivity contribution in [2.75, 3.05) is 32.8 Å². The fourth-order valence-electron chi connectivity index (χ4n) is 7.78. The van der Waals surface area contributed by atoms with Crippen LogP contribution in [0.5, 0.6) is 11.5 Å². The molecular weight excluding hydrogens is 802 g/mol. The molecule has 0 aliphatic heterocycles. The first-order valence-electron chi connectivity index (χ1n) is 20.9. The van der Waals surface area contributed by atoms with Gasteiger partial charge in [0.15, 0.2) is 0 Å². The van der Waals surface area contributed by atoms with Crippen LogP contribution in [-0.4, -0.2) is 65.7 Å². The zero-order chi connectivity index (χ0) is 44.2. The van der Waals surface area contributed by atoms with Crippen molar-refractivity contribution in [1.82, 2.24) is 14.2 Å². The lowest BCUT2D eigenvalue weighted by atomic mass is 9.79. The third-order valence-corrected chi connectivity index (χ3v) is 13.0. The van der Waals surface area contributed by atoms with E-state index < -0.39 is 32.0 Å². The zero-order valence-corrected chi connectivity index (χ0v) is 37.3. The minimum atomic E-state index is -1.67. The molecule has 0 radical (unpaired) electrons. The lowest BCUT2D eigenvalue weighted by Crippen LogP contribution is -2.41. The van der Waals surface area contributed by atoms with Crippen LogP contribution < -0.4 is 20.5 Å². The Balaban J connectivity index is 1.41. The van der Waals surface area contributed by atoms with E-state index >= 15 is 0 Å². The molecule has 1 aliphatic rings. The van der Waals surface area contributed by atoms with Crippen LogP contribution in [0.4, 0.5) is 5.82 Å². The molecule has 0 saturated heterocycles. The maximum absolute atomic E-state index is 13.8. The number of benzene rings is 4. The largest absolute Gasteiger partial charge is 0.497 e. The Kier molecular flexibility index (Phi) is 15.8. The summed E-state index contributed by atoms with van der Waals surface area (Å²) in [7, 11) is 1.62. The number of aromatic nitrogens is 2. The van der Waals surface area contributed by atoms with Gasteiger partial charge in [-0.15, -0.1) is 0 Å². The van der Waals surface area contributed by atoms with E-state index in [0.717, 1.165) is 28.2 Å². The van der Waals surface area contributed by atoms with Crippen molar-refractivity contribution >= 4 is 20.3 Å². The Morgan fingerprint density at radius 2 is 1.44 bits per heavy atom. The van der Waals surface area contributed by atoms with Crippen molar-refractivity contribution in [1.29, 1.82) is 5.26 Å². The normalized spacial score (nSPS) is 16.9. The molecule has 1 aromatic heterocycles. The molecule has 4 aromatic carbocycles. The van der Waals surface area contributed by atoms with E-state index in [1.165, 1.54) is 0 Å². The van der Waals surface area contributed by atoms with Crippen molar-refractivity contribution in [2.45, 2.75) is 77.3 Å². The highest BCUT2D eigenvalue weighted by atomic mass is 31.2. The van der Waals surface area contributed by atoms with Crippen LogP contribution >= 0.6 is 8.53 Å². The summed E-state index contributed by atoms with van der Waals surface area (Å²) >= 11 is 0. The monoisotopic (exact) mass is 857 g/mol. The van der Waals surface area contributed by atoms with Gasteiger partial charge in [-0.1, -0.05) is 84.9 Å². The highest BCUT2D eigenvalue weighted by molar-refractivity contribution is 7.44. The molecule has 0 spiro atoms. The Bertz CT molecular complexity index is 2290. The molecule has 12 nitrogen and oxygen atoms in total. The molecule has 0 bridgehead atoms. The first kappa shape index (κ1) is 45.8. The van der Waals surface area contributed by atoms with Crippen molar-refractivity contribution in [3.63, 3.8) is 0 Å². The number of anilines is 1. The number of amides is 1. The first-order valence-corrected chi connectivity index (χ1v) is 22.0.